The van der Waals surface area contributed by atoms with Crippen molar-refractivity contribution in [2.75, 3.05) is 17.2 Å². The van der Waals surface area contributed by atoms with Gasteiger partial charge in [-0.3, -0.25) is 9.59 Å². The zero-order valence-corrected chi connectivity index (χ0v) is 15.5. The van der Waals surface area contributed by atoms with Gasteiger partial charge in [0.1, 0.15) is 5.75 Å². The van der Waals surface area contributed by atoms with Gasteiger partial charge in [0.25, 0.3) is 5.91 Å². The Balaban J connectivity index is 2.01. The molecule has 0 saturated carbocycles. The fraction of sp³-hybridized carbons (Fsp3) is 0.176. The van der Waals surface area contributed by atoms with Crippen LogP contribution in [-0.4, -0.2) is 18.4 Å². The van der Waals surface area contributed by atoms with Gasteiger partial charge in [0, 0.05) is 23.2 Å². The number of carbonyl (C=O) groups is 2. The lowest BCUT2D eigenvalue weighted by Crippen LogP contribution is -2.20. The summed E-state index contributed by atoms with van der Waals surface area (Å²) in [7, 11) is 0. The van der Waals surface area contributed by atoms with Gasteiger partial charge in [0.05, 0.1) is 15.7 Å². The molecule has 2 aromatic rings. The van der Waals surface area contributed by atoms with Crippen LogP contribution in [0.3, 0.4) is 0 Å². The van der Waals surface area contributed by atoms with Crippen molar-refractivity contribution in [2.45, 2.75) is 13.3 Å². The Morgan fingerprint density at radius 3 is 2.40 bits per heavy atom. The molecule has 2 aromatic carbocycles. The summed E-state index contributed by atoms with van der Waals surface area (Å²) in [6.07, 6.45) is 0.346. The molecule has 0 aliphatic carbocycles. The molecule has 25 heavy (non-hydrogen) atoms. The van der Waals surface area contributed by atoms with Gasteiger partial charge >= 0.3 is 0 Å². The first-order valence-electron chi connectivity index (χ1n) is 7.36. The normalized spacial score (nSPS) is 10.2. The third-order valence-electron chi connectivity index (χ3n) is 3.10. The lowest BCUT2D eigenvalue weighted by molar-refractivity contribution is -0.118. The fourth-order valence-electron chi connectivity index (χ4n) is 1.87. The smallest absolute Gasteiger partial charge is 0.262 e. The van der Waals surface area contributed by atoms with Crippen LogP contribution < -0.4 is 15.4 Å². The molecule has 132 valence electrons. The van der Waals surface area contributed by atoms with Crippen molar-refractivity contribution >= 4 is 58.0 Å². The second-order valence-corrected chi connectivity index (χ2v) is 6.26. The Hall–Kier alpha value is -1.95. The molecular weight excluding hydrogens is 387 g/mol. The average molecular weight is 402 g/mol. The fourth-order valence-corrected chi connectivity index (χ4v) is 2.36. The van der Waals surface area contributed by atoms with Crippen LogP contribution in [0.1, 0.15) is 13.3 Å². The first-order valence-corrected chi connectivity index (χ1v) is 8.49. The van der Waals surface area contributed by atoms with Crippen molar-refractivity contribution in [3.63, 3.8) is 0 Å². The first-order chi connectivity index (χ1) is 11.9. The van der Waals surface area contributed by atoms with Gasteiger partial charge in [-0.05, 0) is 30.3 Å². The Labute approximate surface area is 160 Å². The molecule has 0 fully saturated rings. The highest BCUT2D eigenvalue weighted by molar-refractivity contribution is 6.34. The number of anilines is 2. The number of ether oxygens (including phenoxy) is 1. The van der Waals surface area contributed by atoms with E-state index in [4.69, 9.17) is 39.5 Å². The van der Waals surface area contributed by atoms with Gasteiger partial charge in [0.15, 0.2) is 6.61 Å². The van der Waals surface area contributed by atoms with Crippen molar-refractivity contribution in [1.82, 2.24) is 0 Å². The first kappa shape index (κ1) is 19.4. The van der Waals surface area contributed by atoms with E-state index >= 15 is 0 Å². The van der Waals surface area contributed by atoms with E-state index in [0.717, 1.165) is 0 Å². The molecule has 0 aliphatic heterocycles. The Bertz CT molecular complexity index is 797. The second-order valence-electron chi connectivity index (χ2n) is 5.01. The molecule has 0 bridgehead atoms. The number of rotatable bonds is 6. The number of hydrogen-bond acceptors (Lipinski definition) is 3. The number of hydrogen-bond donors (Lipinski definition) is 2. The molecule has 0 atom stereocenters. The monoisotopic (exact) mass is 400 g/mol. The zero-order chi connectivity index (χ0) is 18.4. The molecule has 0 saturated heterocycles. The maximum atomic E-state index is 12.1. The zero-order valence-electron chi connectivity index (χ0n) is 13.2. The molecule has 0 heterocycles. The standard InChI is InChI=1S/C17H15Cl3N2O3/c1-2-16(23)21-11-4-6-12(19)14(8-11)22-17(24)9-25-15-7-10(18)3-5-13(15)20/h3-8H,2,9H2,1H3,(H,21,23)(H,22,24). The lowest BCUT2D eigenvalue weighted by atomic mass is 10.2. The average Bonchev–Trinajstić information content (AvgIpc) is 2.58. The van der Waals surface area contributed by atoms with Crippen LogP contribution in [0.2, 0.25) is 15.1 Å². The molecule has 2 amide bonds. The van der Waals surface area contributed by atoms with Gasteiger partial charge in [-0.15, -0.1) is 0 Å². The molecule has 0 aromatic heterocycles. The van der Waals surface area contributed by atoms with Gasteiger partial charge in [-0.1, -0.05) is 41.7 Å². The minimum Gasteiger partial charge on any atom is -0.482 e. The van der Waals surface area contributed by atoms with Crippen molar-refractivity contribution in [3.05, 3.63) is 51.5 Å². The van der Waals surface area contributed by atoms with Crippen LogP contribution in [0, 0.1) is 0 Å². The van der Waals surface area contributed by atoms with E-state index in [9.17, 15) is 9.59 Å². The maximum absolute atomic E-state index is 12.1. The largest absolute Gasteiger partial charge is 0.482 e. The highest BCUT2D eigenvalue weighted by Gasteiger charge is 2.10. The van der Waals surface area contributed by atoms with Crippen LogP contribution >= 0.6 is 34.8 Å². The van der Waals surface area contributed by atoms with Gasteiger partial charge in [0.2, 0.25) is 5.91 Å². The quantitative estimate of drug-likeness (QED) is 0.714. The van der Waals surface area contributed by atoms with E-state index < -0.39 is 5.91 Å². The van der Waals surface area contributed by atoms with Crippen LogP contribution in [0.4, 0.5) is 11.4 Å². The van der Waals surface area contributed by atoms with Gasteiger partial charge < -0.3 is 15.4 Å². The third-order valence-corrected chi connectivity index (χ3v) is 3.97. The number of halogens is 3. The van der Waals surface area contributed by atoms with Crippen LogP contribution in [-0.2, 0) is 9.59 Å². The summed E-state index contributed by atoms with van der Waals surface area (Å²) < 4.78 is 5.36. The third kappa shape index (κ3) is 5.81. The molecule has 5 nitrogen and oxygen atoms in total. The van der Waals surface area contributed by atoms with Crippen molar-refractivity contribution in [1.29, 1.82) is 0 Å². The minimum absolute atomic E-state index is 0.140. The molecule has 2 N–H and O–H groups in total. The highest BCUT2D eigenvalue weighted by atomic mass is 35.5. The Morgan fingerprint density at radius 2 is 1.68 bits per heavy atom. The van der Waals surface area contributed by atoms with Gasteiger partial charge in [-0.25, -0.2) is 0 Å². The predicted molar refractivity (Wildman–Crippen MR) is 101 cm³/mol. The van der Waals surface area contributed by atoms with Crippen LogP contribution in [0.15, 0.2) is 36.4 Å². The number of benzene rings is 2. The number of amides is 2. The summed E-state index contributed by atoms with van der Waals surface area (Å²) in [6.45, 7) is 1.47. The topological polar surface area (TPSA) is 67.4 Å². The van der Waals surface area contributed by atoms with Crippen molar-refractivity contribution in [3.8, 4) is 5.75 Å². The molecular formula is C17H15Cl3N2O3. The Morgan fingerprint density at radius 1 is 0.960 bits per heavy atom. The molecule has 0 spiro atoms. The predicted octanol–water partition coefficient (Wildman–Crippen LogP) is 5.01. The summed E-state index contributed by atoms with van der Waals surface area (Å²) >= 11 is 17.9. The van der Waals surface area contributed by atoms with Crippen LogP contribution in [0.25, 0.3) is 0 Å². The number of carbonyl (C=O) groups excluding carboxylic acids is 2. The summed E-state index contributed by atoms with van der Waals surface area (Å²) in [6, 6.07) is 9.51. The second kappa shape index (κ2) is 8.94. The number of nitrogens with one attached hydrogen (secondary N) is 2. The summed E-state index contributed by atoms with van der Waals surface area (Å²) in [5, 5.41) is 6.44. The highest BCUT2D eigenvalue weighted by Crippen LogP contribution is 2.28. The molecule has 0 unspecified atom stereocenters. The van der Waals surface area contributed by atoms with Gasteiger partial charge in [-0.2, -0.15) is 0 Å². The minimum atomic E-state index is -0.433. The summed E-state index contributed by atoms with van der Waals surface area (Å²) in [5.74, 6) is -0.269. The van der Waals surface area contributed by atoms with E-state index in [2.05, 4.69) is 10.6 Å². The van der Waals surface area contributed by atoms with E-state index in [1.165, 1.54) is 6.07 Å². The summed E-state index contributed by atoms with van der Waals surface area (Å²) in [4.78, 5) is 23.5. The van der Waals surface area contributed by atoms with E-state index in [1.54, 1.807) is 37.3 Å². The SMILES string of the molecule is CCC(=O)Nc1ccc(Cl)c(NC(=O)COc2cc(Cl)ccc2Cl)c1. The van der Waals surface area contributed by atoms with E-state index in [0.29, 0.717) is 38.6 Å². The Kier molecular flexibility index (Phi) is 6.93. The molecule has 8 heteroatoms. The molecule has 2 rings (SSSR count). The lowest BCUT2D eigenvalue weighted by Gasteiger charge is -2.12. The van der Waals surface area contributed by atoms with E-state index in [1.807, 2.05) is 0 Å². The van der Waals surface area contributed by atoms with Crippen molar-refractivity contribution in [2.24, 2.45) is 0 Å². The van der Waals surface area contributed by atoms with E-state index in [-0.39, 0.29) is 12.5 Å². The molecule has 0 aliphatic rings. The summed E-state index contributed by atoms with van der Waals surface area (Å²) in [5.41, 5.74) is 0.895. The maximum Gasteiger partial charge on any atom is 0.262 e. The van der Waals surface area contributed by atoms with Crippen LogP contribution in [0.5, 0.6) is 5.75 Å². The van der Waals surface area contributed by atoms with Crippen molar-refractivity contribution < 1.29 is 14.3 Å². The molecule has 0 radical (unpaired) electrons.